The van der Waals surface area contributed by atoms with Crippen LogP contribution in [0.15, 0.2) is 58.4 Å². The largest absolute Gasteiger partial charge is 0.297 e. The monoisotopic (exact) mass is 456 g/mol. The summed E-state index contributed by atoms with van der Waals surface area (Å²) in [6, 6.07) is 16.2. The quantitative estimate of drug-likeness (QED) is 0.351. The summed E-state index contributed by atoms with van der Waals surface area (Å²) >= 11 is 6.45. The van der Waals surface area contributed by atoms with Crippen LogP contribution >= 0.6 is 38.6 Å². The number of benzene rings is 2. The molecule has 6 heteroatoms. The minimum Gasteiger partial charge on any atom is -0.297 e. The molecule has 1 amide bonds. The standard InChI is InChI=1S/C21H17BrN2OS2/c1-2-5-16-15-6-3-4-7-18(15)27-19(16)20(25)24-21-23-17(12-26-21)13-8-10-14(22)11-9-13/h3-4,6-12H,2,5H2,1H3,(H,23,24,25). The number of anilines is 1. The maximum atomic E-state index is 12.9. The van der Waals surface area contributed by atoms with Crippen molar-refractivity contribution in [1.29, 1.82) is 0 Å². The van der Waals surface area contributed by atoms with E-state index in [1.807, 2.05) is 41.8 Å². The van der Waals surface area contributed by atoms with Crippen LogP contribution in [0, 0.1) is 0 Å². The van der Waals surface area contributed by atoms with E-state index in [2.05, 4.69) is 45.3 Å². The van der Waals surface area contributed by atoms with E-state index in [1.165, 1.54) is 16.7 Å². The zero-order chi connectivity index (χ0) is 18.8. The smallest absolute Gasteiger partial charge is 0.267 e. The van der Waals surface area contributed by atoms with E-state index in [4.69, 9.17) is 0 Å². The van der Waals surface area contributed by atoms with Crippen molar-refractivity contribution in [2.75, 3.05) is 5.32 Å². The summed E-state index contributed by atoms with van der Waals surface area (Å²) < 4.78 is 2.18. The number of carbonyl (C=O) groups excluding carboxylic acids is 1. The van der Waals surface area contributed by atoms with Gasteiger partial charge >= 0.3 is 0 Å². The number of nitrogens with zero attached hydrogens (tertiary/aromatic N) is 1. The van der Waals surface area contributed by atoms with Gasteiger partial charge in [0, 0.05) is 20.1 Å². The molecular weight excluding hydrogens is 440 g/mol. The second kappa shape index (κ2) is 7.92. The Balaban J connectivity index is 1.60. The molecular formula is C21H17BrN2OS2. The molecule has 0 aliphatic rings. The van der Waals surface area contributed by atoms with E-state index >= 15 is 0 Å². The van der Waals surface area contributed by atoms with Gasteiger partial charge in [-0.25, -0.2) is 4.98 Å². The second-order valence-corrected chi connectivity index (χ2v) is 8.98. The van der Waals surface area contributed by atoms with Crippen molar-refractivity contribution in [2.24, 2.45) is 0 Å². The van der Waals surface area contributed by atoms with Gasteiger partial charge in [-0.3, -0.25) is 10.1 Å². The van der Waals surface area contributed by atoms with E-state index in [0.717, 1.165) is 43.7 Å². The van der Waals surface area contributed by atoms with Gasteiger partial charge in [-0.1, -0.05) is 59.6 Å². The van der Waals surface area contributed by atoms with E-state index < -0.39 is 0 Å². The lowest BCUT2D eigenvalue weighted by Crippen LogP contribution is -2.12. The van der Waals surface area contributed by atoms with Crippen LogP contribution in [-0.4, -0.2) is 10.9 Å². The Bertz CT molecular complexity index is 1100. The highest BCUT2D eigenvalue weighted by Crippen LogP contribution is 2.33. The molecule has 0 fully saturated rings. The van der Waals surface area contributed by atoms with Gasteiger partial charge in [0.2, 0.25) is 0 Å². The zero-order valence-corrected chi connectivity index (χ0v) is 17.9. The molecule has 0 bridgehead atoms. The predicted octanol–water partition coefficient (Wildman–Crippen LogP) is 6.99. The van der Waals surface area contributed by atoms with Crippen molar-refractivity contribution in [3.8, 4) is 11.3 Å². The fourth-order valence-electron chi connectivity index (χ4n) is 3.02. The fourth-order valence-corrected chi connectivity index (χ4v) is 5.14. The van der Waals surface area contributed by atoms with Crippen molar-refractivity contribution in [3.05, 3.63) is 68.8 Å². The summed E-state index contributed by atoms with van der Waals surface area (Å²) in [5, 5.41) is 6.77. The molecule has 3 nitrogen and oxygen atoms in total. The van der Waals surface area contributed by atoms with Crippen LogP contribution in [0.25, 0.3) is 21.3 Å². The van der Waals surface area contributed by atoms with E-state index in [-0.39, 0.29) is 5.91 Å². The number of hydrogen-bond donors (Lipinski definition) is 1. The number of thiophene rings is 1. The highest BCUT2D eigenvalue weighted by Gasteiger charge is 2.19. The molecule has 4 rings (SSSR count). The first-order chi connectivity index (χ1) is 13.2. The molecule has 0 aliphatic heterocycles. The number of thiazole rings is 1. The van der Waals surface area contributed by atoms with Crippen molar-refractivity contribution in [1.82, 2.24) is 4.98 Å². The van der Waals surface area contributed by atoms with Crippen LogP contribution in [0.3, 0.4) is 0 Å². The Morgan fingerprint density at radius 2 is 1.93 bits per heavy atom. The van der Waals surface area contributed by atoms with Gasteiger partial charge in [0.25, 0.3) is 5.91 Å². The van der Waals surface area contributed by atoms with Crippen LogP contribution in [0.4, 0.5) is 5.13 Å². The first kappa shape index (κ1) is 18.3. The Labute approximate surface area is 174 Å². The number of halogens is 1. The number of nitrogens with one attached hydrogen (secondary N) is 1. The maximum absolute atomic E-state index is 12.9. The fraction of sp³-hybridized carbons (Fsp3) is 0.143. The predicted molar refractivity (Wildman–Crippen MR) is 119 cm³/mol. The lowest BCUT2D eigenvalue weighted by molar-refractivity contribution is 0.103. The number of aryl methyl sites for hydroxylation is 1. The van der Waals surface area contributed by atoms with Crippen LogP contribution < -0.4 is 5.32 Å². The van der Waals surface area contributed by atoms with Gasteiger partial charge in [0.1, 0.15) is 0 Å². The summed E-state index contributed by atoms with van der Waals surface area (Å²) in [6.07, 6.45) is 1.90. The van der Waals surface area contributed by atoms with Gasteiger partial charge in [0.15, 0.2) is 5.13 Å². The second-order valence-electron chi connectivity index (χ2n) is 6.15. The number of aromatic nitrogens is 1. The topological polar surface area (TPSA) is 42.0 Å². The van der Waals surface area contributed by atoms with Gasteiger partial charge in [-0.2, -0.15) is 0 Å². The third-order valence-corrected chi connectivity index (χ3v) is 6.77. The molecule has 27 heavy (non-hydrogen) atoms. The first-order valence-corrected chi connectivity index (χ1v) is 11.2. The zero-order valence-electron chi connectivity index (χ0n) is 14.7. The SMILES string of the molecule is CCCc1c(C(=O)Nc2nc(-c3ccc(Br)cc3)cs2)sc2ccccc12. The Hall–Kier alpha value is -2.02. The molecule has 4 aromatic rings. The molecule has 2 aromatic carbocycles. The van der Waals surface area contributed by atoms with Gasteiger partial charge in [0.05, 0.1) is 10.6 Å². The number of rotatable bonds is 5. The normalized spacial score (nSPS) is 11.0. The summed E-state index contributed by atoms with van der Waals surface area (Å²) in [6.45, 7) is 2.14. The maximum Gasteiger partial charge on any atom is 0.267 e. The Morgan fingerprint density at radius 3 is 2.70 bits per heavy atom. The molecule has 2 aromatic heterocycles. The molecule has 1 N–H and O–H groups in total. The third-order valence-electron chi connectivity index (χ3n) is 4.27. The summed E-state index contributed by atoms with van der Waals surface area (Å²) in [5.74, 6) is -0.0728. The van der Waals surface area contributed by atoms with Crippen molar-refractivity contribution < 1.29 is 4.79 Å². The molecule has 0 saturated heterocycles. The number of hydrogen-bond acceptors (Lipinski definition) is 4. The highest BCUT2D eigenvalue weighted by molar-refractivity contribution is 9.10. The van der Waals surface area contributed by atoms with Crippen LogP contribution in [0.5, 0.6) is 0 Å². The van der Waals surface area contributed by atoms with Crippen LogP contribution in [-0.2, 0) is 6.42 Å². The summed E-state index contributed by atoms with van der Waals surface area (Å²) in [7, 11) is 0. The van der Waals surface area contributed by atoms with E-state index in [0.29, 0.717) is 5.13 Å². The molecule has 0 saturated carbocycles. The third kappa shape index (κ3) is 3.83. The molecule has 136 valence electrons. The molecule has 0 aliphatic carbocycles. The lowest BCUT2D eigenvalue weighted by Gasteiger charge is -2.03. The van der Waals surface area contributed by atoms with Crippen LogP contribution in [0.2, 0.25) is 0 Å². The average Bonchev–Trinajstić information content (AvgIpc) is 3.28. The highest BCUT2D eigenvalue weighted by atomic mass is 79.9. The molecule has 2 heterocycles. The Morgan fingerprint density at radius 1 is 1.15 bits per heavy atom. The average molecular weight is 457 g/mol. The van der Waals surface area contributed by atoms with E-state index in [1.54, 1.807) is 11.3 Å². The van der Waals surface area contributed by atoms with Gasteiger partial charge in [-0.15, -0.1) is 22.7 Å². The molecule has 0 unspecified atom stereocenters. The summed E-state index contributed by atoms with van der Waals surface area (Å²) in [5.41, 5.74) is 3.04. The minimum absolute atomic E-state index is 0.0728. The van der Waals surface area contributed by atoms with Crippen molar-refractivity contribution >= 4 is 59.7 Å². The number of fused-ring (bicyclic) bond motifs is 1. The molecule has 0 atom stereocenters. The van der Waals surface area contributed by atoms with Gasteiger partial charge < -0.3 is 0 Å². The minimum atomic E-state index is -0.0728. The van der Waals surface area contributed by atoms with Crippen molar-refractivity contribution in [2.45, 2.75) is 19.8 Å². The number of amides is 1. The molecule has 0 radical (unpaired) electrons. The lowest BCUT2D eigenvalue weighted by atomic mass is 10.1. The van der Waals surface area contributed by atoms with E-state index in [9.17, 15) is 4.79 Å². The summed E-state index contributed by atoms with van der Waals surface area (Å²) in [4.78, 5) is 18.3. The first-order valence-electron chi connectivity index (χ1n) is 8.69. The Kier molecular flexibility index (Phi) is 5.38. The van der Waals surface area contributed by atoms with Gasteiger partial charge in [-0.05, 0) is 35.6 Å². The van der Waals surface area contributed by atoms with Crippen LogP contribution in [0.1, 0.15) is 28.6 Å². The number of carbonyl (C=O) groups is 1. The van der Waals surface area contributed by atoms with Crippen molar-refractivity contribution in [3.63, 3.8) is 0 Å². The molecule has 0 spiro atoms.